The predicted octanol–water partition coefficient (Wildman–Crippen LogP) is 2.71. The molecule has 106 valence electrons. The van der Waals surface area contributed by atoms with Gasteiger partial charge in [0.25, 0.3) is 0 Å². The number of hydrogen-bond donors (Lipinski definition) is 2. The second kappa shape index (κ2) is 14.6. The summed E-state index contributed by atoms with van der Waals surface area (Å²) in [6.45, 7) is 4.10. The minimum absolute atomic E-state index is 0.233. The molecule has 3 nitrogen and oxygen atoms in total. The van der Waals surface area contributed by atoms with Crippen molar-refractivity contribution < 1.29 is 4.79 Å². The van der Waals surface area contributed by atoms with Gasteiger partial charge in [0.05, 0.1) is 5.75 Å². The van der Waals surface area contributed by atoms with Crippen LogP contribution in [0.2, 0.25) is 0 Å². The van der Waals surface area contributed by atoms with Gasteiger partial charge in [-0.15, -0.1) is 0 Å². The second-order valence-electron chi connectivity index (χ2n) is 4.40. The van der Waals surface area contributed by atoms with Crippen LogP contribution in [0.1, 0.15) is 45.4 Å². The lowest BCUT2D eigenvalue weighted by atomic mass is 10.1. The summed E-state index contributed by atoms with van der Waals surface area (Å²) in [6, 6.07) is 0. The van der Waals surface area contributed by atoms with Gasteiger partial charge in [0.1, 0.15) is 0 Å². The molecule has 3 N–H and O–H groups in total. The third-order valence-corrected chi connectivity index (χ3v) is 3.55. The molecule has 0 aliphatic carbocycles. The van der Waals surface area contributed by atoms with Crippen LogP contribution in [0.5, 0.6) is 0 Å². The largest absolute Gasteiger partial charge is 0.369 e. The van der Waals surface area contributed by atoms with Gasteiger partial charge in [0.2, 0.25) is 5.91 Å². The summed E-state index contributed by atoms with van der Waals surface area (Å²) in [5, 5.41) is 3.31. The number of allylic oxidation sites excluding steroid dienone is 1. The van der Waals surface area contributed by atoms with Gasteiger partial charge in [0.15, 0.2) is 0 Å². The molecule has 0 saturated carbocycles. The topological polar surface area (TPSA) is 55.1 Å². The summed E-state index contributed by atoms with van der Waals surface area (Å²) in [5.74, 6) is 1.13. The Morgan fingerprint density at radius 2 is 2.00 bits per heavy atom. The van der Waals surface area contributed by atoms with Crippen molar-refractivity contribution in [2.45, 2.75) is 45.4 Å². The molecule has 0 radical (unpaired) electrons. The standard InChI is InChI=1S/C14H28N2OS/c1-2-3-4-5-6-7-8-9-10-16-11-12-18-13-14(15)17/h8-9,16H,2-7,10-13H2,1H3,(H2,15,17)/b9-8+. The lowest BCUT2D eigenvalue weighted by molar-refractivity contribution is -0.115. The molecule has 0 aliphatic rings. The maximum atomic E-state index is 10.5. The van der Waals surface area contributed by atoms with Crippen molar-refractivity contribution in [2.75, 3.05) is 24.6 Å². The fraction of sp³-hybridized carbons (Fsp3) is 0.786. The highest BCUT2D eigenvalue weighted by molar-refractivity contribution is 7.99. The smallest absolute Gasteiger partial charge is 0.227 e. The SMILES string of the molecule is CCCCCCC/C=C/CNCCSCC(N)=O. The fourth-order valence-electron chi connectivity index (χ4n) is 1.57. The summed E-state index contributed by atoms with van der Waals surface area (Å²) in [5.41, 5.74) is 5.04. The number of carbonyl (C=O) groups excluding carboxylic acids is 1. The number of unbranched alkanes of at least 4 members (excludes halogenated alkanes) is 5. The zero-order chi connectivity index (χ0) is 13.5. The van der Waals surface area contributed by atoms with Gasteiger partial charge in [-0.1, -0.05) is 44.8 Å². The lowest BCUT2D eigenvalue weighted by Crippen LogP contribution is -2.19. The first-order chi connectivity index (χ1) is 8.77. The van der Waals surface area contributed by atoms with Crippen LogP contribution in [0.15, 0.2) is 12.2 Å². The molecular formula is C14H28N2OS. The molecule has 0 fully saturated rings. The van der Waals surface area contributed by atoms with Crippen molar-refractivity contribution in [3.05, 3.63) is 12.2 Å². The third kappa shape index (κ3) is 15.5. The van der Waals surface area contributed by atoms with Crippen LogP contribution in [0.25, 0.3) is 0 Å². The molecular weight excluding hydrogens is 244 g/mol. The Bertz CT molecular complexity index is 220. The minimum atomic E-state index is -0.233. The van der Waals surface area contributed by atoms with Crippen molar-refractivity contribution in [2.24, 2.45) is 5.73 Å². The molecule has 0 aliphatic heterocycles. The number of amides is 1. The highest BCUT2D eigenvalue weighted by Crippen LogP contribution is 2.05. The Kier molecular flexibility index (Phi) is 14.2. The van der Waals surface area contributed by atoms with E-state index < -0.39 is 0 Å². The molecule has 18 heavy (non-hydrogen) atoms. The molecule has 0 unspecified atom stereocenters. The van der Waals surface area contributed by atoms with Crippen LogP contribution < -0.4 is 11.1 Å². The van der Waals surface area contributed by atoms with Crippen molar-refractivity contribution >= 4 is 17.7 Å². The molecule has 0 aromatic heterocycles. The molecule has 4 heteroatoms. The van der Waals surface area contributed by atoms with E-state index in [1.54, 1.807) is 11.8 Å². The average Bonchev–Trinajstić information content (AvgIpc) is 2.34. The summed E-state index contributed by atoms with van der Waals surface area (Å²) in [4.78, 5) is 10.5. The van der Waals surface area contributed by atoms with Crippen LogP contribution >= 0.6 is 11.8 Å². The normalized spacial score (nSPS) is 11.2. The van der Waals surface area contributed by atoms with Gasteiger partial charge in [-0.3, -0.25) is 4.79 Å². The van der Waals surface area contributed by atoms with E-state index in [1.807, 2.05) is 0 Å². The fourth-order valence-corrected chi connectivity index (χ4v) is 2.20. The van der Waals surface area contributed by atoms with Crippen molar-refractivity contribution in [3.8, 4) is 0 Å². The van der Waals surface area contributed by atoms with Crippen LogP contribution in [-0.2, 0) is 4.79 Å². The Hall–Kier alpha value is -0.480. The number of nitrogens with one attached hydrogen (secondary N) is 1. The van der Waals surface area contributed by atoms with Gasteiger partial charge in [-0.25, -0.2) is 0 Å². The third-order valence-electron chi connectivity index (χ3n) is 2.57. The second-order valence-corrected chi connectivity index (χ2v) is 5.50. The summed E-state index contributed by atoms with van der Waals surface area (Å²) >= 11 is 1.58. The number of nitrogens with two attached hydrogens (primary N) is 1. The first-order valence-corrected chi connectivity index (χ1v) is 8.14. The van der Waals surface area contributed by atoms with Crippen molar-refractivity contribution in [1.29, 1.82) is 0 Å². The molecule has 0 aromatic rings. The van der Waals surface area contributed by atoms with E-state index in [-0.39, 0.29) is 5.91 Å². The quantitative estimate of drug-likeness (QED) is 0.400. The van der Waals surface area contributed by atoms with Gasteiger partial charge in [0, 0.05) is 18.8 Å². The number of thioether (sulfide) groups is 1. The zero-order valence-corrected chi connectivity index (χ0v) is 12.4. The summed E-state index contributed by atoms with van der Waals surface area (Å²) in [7, 11) is 0. The van der Waals surface area contributed by atoms with E-state index in [4.69, 9.17) is 5.73 Å². The minimum Gasteiger partial charge on any atom is -0.369 e. The number of rotatable bonds is 13. The van der Waals surface area contributed by atoms with Gasteiger partial charge < -0.3 is 11.1 Å². The molecule has 0 saturated heterocycles. The average molecular weight is 272 g/mol. The van der Waals surface area contributed by atoms with E-state index in [2.05, 4.69) is 24.4 Å². The Balaban J connectivity index is 3.06. The van der Waals surface area contributed by atoms with Gasteiger partial charge >= 0.3 is 0 Å². The molecule has 1 amide bonds. The summed E-state index contributed by atoms with van der Waals surface area (Å²) < 4.78 is 0. The first-order valence-electron chi connectivity index (χ1n) is 6.99. The van der Waals surface area contributed by atoms with Crippen LogP contribution in [0.3, 0.4) is 0 Å². The maximum absolute atomic E-state index is 10.5. The summed E-state index contributed by atoms with van der Waals surface area (Å²) in [6.07, 6.45) is 12.4. The van der Waals surface area contributed by atoms with Crippen LogP contribution in [0.4, 0.5) is 0 Å². The van der Waals surface area contributed by atoms with Crippen LogP contribution in [0, 0.1) is 0 Å². The molecule has 0 aromatic carbocycles. The van der Waals surface area contributed by atoms with E-state index in [1.165, 1.54) is 38.5 Å². The van der Waals surface area contributed by atoms with Gasteiger partial charge in [-0.2, -0.15) is 11.8 Å². The van der Waals surface area contributed by atoms with Crippen LogP contribution in [-0.4, -0.2) is 30.5 Å². The van der Waals surface area contributed by atoms with Gasteiger partial charge in [-0.05, 0) is 12.8 Å². The monoisotopic (exact) mass is 272 g/mol. The molecule has 0 heterocycles. The highest BCUT2D eigenvalue weighted by atomic mass is 32.2. The zero-order valence-electron chi connectivity index (χ0n) is 11.6. The first kappa shape index (κ1) is 17.5. The number of carbonyl (C=O) groups is 1. The van der Waals surface area contributed by atoms with E-state index in [0.717, 1.165) is 18.8 Å². The van der Waals surface area contributed by atoms with E-state index >= 15 is 0 Å². The Morgan fingerprint density at radius 3 is 2.72 bits per heavy atom. The van der Waals surface area contributed by atoms with Crippen molar-refractivity contribution in [1.82, 2.24) is 5.32 Å². The van der Waals surface area contributed by atoms with E-state index in [0.29, 0.717) is 5.75 Å². The molecule has 0 atom stereocenters. The number of hydrogen-bond acceptors (Lipinski definition) is 3. The maximum Gasteiger partial charge on any atom is 0.227 e. The Labute approximate surface area is 116 Å². The molecule has 0 bridgehead atoms. The molecule has 0 rings (SSSR count). The van der Waals surface area contributed by atoms with E-state index in [9.17, 15) is 4.79 Å². The highest BCUT2D eigenvalue weighted by Gasteiger charge is 1.93. The predicted molar refractivity (Wildman–Crippen MR) is 81.9 cm³/mol. The Morgan fingerprint density at radius 1 is 1.22 bits per heavy atom. The number of primary amides is 1. The molecule has 0 spiro atoms. The lowest BCUT2D eigenvalue weighted by Gasteiger charge is -2.00. The van der Waals surface area contributed by atoms with Crippen molar-refractivity contribution in [3.63, 3.8) is 0 Å².